The highest BCUT2D eigenvalue weighted by atomic mass is 16.3. The number of hydrogen-bond donors (Lipinski definition) is 1. The molecule has 26 heavy (non-hydrogen) atoms. The number of piperidine rings is 1. The lowest BCUT2D eigenvalue weighted by Crippen LogP contribution is -2.47. The molecule has 1 N–H and O–H groups in total. The highest BCUT2D eigenvalue weighted by molar-refractivity contribution is 5.94. The molecule has 1 aliphatic heterocycles. The Balaban J connectivity index is 1.40. The van der Waals surface area contributed by atoms with E-state index in [2.05, 4.69) is 17.1 Å². The number of amides is 1. The second kappa shape index (κ2) is 7.20. The number of benzene rings is 1. The molecule has 0 spiro atoms. The minimum Gasteiger partial charge on any atom is -0.389 e. The predicted molar refractivity (Wildman–Crippen MR) is 101 cm³/mol. The van der Waals surface area contributed by atoms with Gasteiger partial charge in [-0.2, -0.15) is 0 Å². The lowest BCUT2D eigenvalue weighted by molar-refractivity contribution is -0.0162. The second-order valence-corrected chi connectivity index (χ2v) is 7.74. The van der Waals surface area contributed by atoms with Crippen LogP contribution in [0.1, 0.15) is 52.7 Å². The second-order valence-electron chi connectivity index (χ2n) is 7.74. The molecule has 0 atom stereocenters. The van der Waals surface area contributed by atoms with Gasteiger partial charge in [-0.3, -0.25) is 9.78 Å². The number of rotatable bonds is 3. The molecule has 1 saturated heterocycles. The molecular formula is C22H26N2O2. The number of nitrogens with zero attached hydrogens (tertiary/aromatic N) is 2. The lowest BCUT2D eigenvalue weighted by atomic mass is 9.85. The highest BCUT2D eigenvalue weighted by Gasteiger charge is 2.34. The van der Waals surface area contributed by atoms with Crippen LogP contribution < -0.4 is 0 Å². The van der Waals surface area contributed by atoms with E-state index in [9.17, 15) is 9.90 Å². The van der Waals surface area contributed by atoms with Gasteiger partial charge in [-0.25, -0.2) is 0 Å². The van der Waals surface area contributed by atoms with Crippen LogP contribution in [0.15, 0.2) is 42.7 Å². The summed E-state index contributed by atoms with van der Waals surface area (Å²) in [6.07, 6.45) is 10.1. The quantitative estimate of drug-likeness (QED) is 0.925. The number of pyridine rings is 1. The maximum atomic E-state index is 12.9. The first-order chi connectivity index (χ1) is 12.6. The topological polar surface area (TPSA) is 53.4 Å². The van der Waals surface area contributed by atoms with Crippen molar-refractivity contribution in [3.8, 4) is 0 Å². The zero-order valence-corrected chi connectivity index (χ0v) is 15.2. The van der Waals surface area contributed by atoms with Gasteiger partial charge in [0.1, 0.15) is 0 Å². The van der Waals surface area contributed by atoms with Crippen LogP contribution in [0.2, 0.25) is 0 Å². The van der Waals surface area contributed by atoms with Crippen molar-refractivity contribution in [1.82, 2.24) is 9.88 Å². The van der Waals surface area contributed by atoms with Crippen molar-refractivity contribution in [3.05, 3.63) is 65.0 Å². The van der Waals surface area contributed by atoms with Crippen molar-refractivity contribution in [2.75, 3.05) is 13.1 Å². The van der Waals surface area contributed by atoms with E-state index in [1.54, 1.807) is 12.4 Å². The Bertz CT molecular complexity index is 780. The van der Waals surface area contributed by atoms with E-state index in [1.165, 1.54) is 24.0 Å². The fraction of sp³-hybridized carbons (Fsp3) is 0.455. The number of fused-ring (bicyclic) bond motifs is 1. The van der Waals surface area contributed by atoms with Crippen LogP contribution in [0.3, 0.4) is 0 Å². The molecule has 2 heterocycles. The summed E-state index contributed by atoms with van der Waals surface area (Å²) in [5, 5.41) is 10.9. The SMILES string of the molecule is O=C(c1ccc2c(c1)CCCC2)N1CCC(O)(Cc2ccncc2)CC1. The number of hydrogen-bond acceptors (Lipinski definition) is 3. The number of likely N-dealkylation sites (tertiary alicyclic amines) is 1. The van der Waals surface area contributed by atoms with E-state index < -0.39 is 5.60 Å². The summed E-state index contributed by atoms with van der Waals surface area (Å²) in [7, 11) is 0. The van der Waals surface area contributed by atoms with Crippen molar-refractivity contribution < 1.29 is 9.90 Å². The van der Waals surface area contributed by atoms with Crippen LogP contribution >= 0.6 is 0 Å². The Morgan fingerprint density at radius 1 is 1.04 bits per heavy atom. The Labute approximate surface area is 154 Å². The minimum atomic E-state index is -0.728. The molecule has 2 aliphatic rings. The number of carbonyl (C=O) groups is 1. The fourth-order valence-electron chi connectivity index (χ4n) is 4.23. The van der Waals surface area contributed by atoms with Crippen molar-refractivity contribution in [1.29, 1.82) is 0 Å². The smallest absolute Gasteiger partial charge is 0.253 e. The summed E-state index contributed by atoms with van der Waals surface area (Å²) < 4.78 is 0. The molecule has 1 amide bonds. The van der Waals surface area contributed by atoms with Crippen molar-refractivity contribution in [2.45, 2.75) is 50.5 Å². The molecule has 1 fully saturated rings. The van der Waals surface area contributed by atoms with E-state index in [0.29, 0.717) is 32.4 Å². The Hall–Kier alpha value is -2.20. The molecule has 0 saturated carbocycles. The van der Waals surface area contributed by atoms with Gasteiger partial charge in [-0.05, 0) is 79.5 Å². The third kappa shape index (κ3) is 3.65. The summed E-state index contributed by atoms with van der Waals surface area (Å²) >= 11 is 0. The summed E-state index contributed by atoms with van der Waals surface area (Å²) in [5.74, 6) is 0.101. The van der Waals surface area contributed by atoms with Gasteiger partial charge in [0.15, 0.2) is 0 Å². The standard InChI is InChI=1S/C22H26N2O2/c25-21(20-6-5-18-3-1-2-4-19(18)15-20)24-13-9-22(26,10-14-24)16-17-7-11-23-12-8-17/h5-8,11-12,15,26H,1-4,9-10,13-14,16H2. The molecule has 1 aliphatic carbocycles. The van der Waals surface area contributed by atoms with E-state index in [0.717, 1.165) is 24.0 Å². The first kappa shape index (κ1) is 17.2. The highest BCUT2D eigenvalue weighted by Crippen LogP contribution is 2.28. The minimum absolute atomic E-state index is 0.101. The monoisotopic (exact) mass is 350 g/mol. The molecular weight excluding hydrogens is 324 g/mol. The summed E-state index contributed by atoms with van der Waals surface area (Å²) in [5.41, 5.74) is 3.90. The first-order valence-corrected chi connectivity index (χ1v) is 9.65. The largest absolute Gasteiger partial charge is 0.389 e. The van der Waals surface area contributed by atoms with Crippen LogP contribution in [0.25, 0.3) is 0 Å². The zero-order valence-electron chi connectivity index (χ0n) is 15.2. The van der Waals surface area contributed by atoms with Gasteiger partial charge in [-0.15, -0.1) is 0 Å². The molecule has 1 aromatic heterocycles. The maximum absolute atomic E-state index is 12.9. The molecule has 4 rings (SSSR count). The predicted octanol–water partition coefficient (Wildman–Crippen LogP) is 3.17. The number of aromatic nitrogens is 1. The Kier molecular flexibility index (Phi) is 4.77. The van der Waals surface area contributed by atoms with Crippen molar-refractivity contribution >= 4 is 5.91 Å². The molecule has 136 valence electrons. The van der Waals surface area contributed by atoms with Gasteiger partial charge in [0.05, 0.1) is 5.60 Å². The molecule has 0 radical (unpaired) electrons. The lowest BCUT2D eigenvalue weighted by Gasteiger charge is -2.38. The summed E-state index contributed by atoms with van der Waals surface area (Å²) in [6, 6.07) is 10.1. The number of aryl methyl sites for hydroxylation is 2. The van der Waals surface area contributed by atoms with Gasteiger partial charge in [-0.1, -0.05) is 6.07 Å². The van der Waals surface area contributed by atoms with Gasteiger partial charge in [0.25, 0.3) is 5.91 Å². The van der Waals surface area contributed by atoms with Crippen molar-refractivity contribution in [3.63, 3.8) is 0 Å². The zero-order chi connectivity index (χ0) is 18.0. The van der Waals surface area contributed by atoms with E-state index in [1.807, 2.05) is 23.1 Å². The van der Waals surface area contributed by atoms with Crippen molar-refractivity contribution in [2.24, 2.45) is 0 Å². The molecule has 1 aromatic carbocycles. The van der Waals surface area contributed by atoms with E-state index in [4.69, 9.17) is 0 Å². The Morgan fingerprint density at radius 3 is 2.46 bits per heavy atom. The number of aliphatic hydroxyl groups is 1. The molecule has 4 nitrogen and oxygen atoms in total. The molecule has 2 aromatic rings. The third-order valence-corrected chi connectivity index (χ3v) is 5.86. The fourth-order valence-corrected chi connectivity index (χ4v) is 4.23. The average molecular weight is 350 g/mol. The first-order valence-electron chi connectivity index (χ1n) is 9.65. The van der Waals surface area contributed by atoms with Gasteiger partial charge in [0.2, 0.25) is 0 Å². The van der Waals surface area contributed by atoms with Crippen LogP contribution in [0.5, 0.6) is 0 Å². The van der Waals surface area contributed by atoms with E-state index >= 15 is 0 Å². The molecule has 4 heteroatoms. The van der Waals surface area contributed by atoms with Gasteiger partial charge >= 0.3 is 0 Å². The normalized spacial score (nSPS) is 19.0. The summed E-state index contributed by atoms with van der Waals surface area (Å²) in [6.45, 7) is 1.22. The van der Waals surface area contributed by atoms with Gasteiger partial charge < -0.3 is 10.0 Å². The van der Waals surface area contributed by atoms with Crippen LogP contribution in [-0.4, -0.2) is 39.6 Å². The molecule has 0 bridgehead atoms. The van der Waals surface area contributed by atoms with Crippen LogP contribution in [0.4, 0.5) is 0 Å². The number of carbonyl (C=O) groups excluding carboxylic acids is 1. The average Bonchev–Trinajstić information content (AvgIpc) is 2.68. The van der Waals surface area contributed by atoms with E-state index in [-0.39, 0.29) is 5.91 Å². The van der Waals surface area contributed by atoms with Crippen LogP contribution in [-0.2, 0) is 19.3 Å². The third-order valence-electron chi connectivity index (χ3n) is 5.86. The maximum Gasteiger partial charge on any atom is 0.253 e. The molecule has 0 unspecified atom stereocenters. The van der Waals surface area contributed by atoms with Gasteiger partial charge in [0, 0.05) is 37.5 Å². The van der Waals surface area contributed by atoms with Crippen LogP contribution in [0, 0.1) is 0 Å². The summed E-state index contributed by atoms with van der Waals surface area (Å²) in [4.78, 5) is 18.8. The Morgan fingerprint density at radius 2 is 1.73 bits per heavy atom.